The summed E-state index contributed by atoms with van der Waals surface area (Å²) in [6, 6.07) is 5.92. The number of benzene rings is 1. The molecule has 1 aromatic rings. The summed E-state index contributed by atoms with van der Waals surface area (Å²) in [7, 11) is 0. The molecular weight excluding hydrogens is 330 g/mol. The molecule has 4 heteroatoms. The van der Waals surface area contributed by atoms with Crippen molar-refractivity contribution >= 4 is 15.9 Å². The van der Waals surface area contributed by atoms with E-state index in [-0.39, 0.29) is 5.41 Å². The fourth-order valence-corrected chi connectivity index (χ4v) is 2.35. The number of aliphatic hydroxyl groups excluding tert-OH is 1. The van der Waals surface area contributed by atoms with Crippen molar-refractivity contribution < 1.29 is 9.84 Å². The number of hydrogen-bond donors (Lipinski definition) is 2. The summed E-state index contributed by atoms with van der Waals surface area (Å²) < 4.78 is 6.56. The van der Waals surface area contributed by atoms with Crippen molar-refractivity contribution in [2.75, 3.05) is 19.7 Å². The van der Waals surface area contributed by atoms with Crippen LogP contribution in [0.15, 0.2) is 22.7 Å². The molecule has 0 fully saturated rings. The topological polar surface area (TPSA) is 41.5 Å². The molecule has 0 aliphatic rings. The Labute approximate surface area is 137 Å². The molecule has 0 aliphatic heterocycles. The van der Waals surface area contributed by atoms with Crippen LogP contribution in [0.4, 0.5) is 0 Å². The second kappa shape index (κ2) is 8.16. The van der Waals surface area contributed by atoms with Crippen LogP contribution in [0.5, 0.6) is 5.75 Å². The van der Waals surface area contributed by atoms with E-state index >= 15 is 0 Å². The summed E-state index contributed by atoms with van der Waals surface area (Å²) in [5.74, 6) is 1.32. The van der Waals surface area contributed by atoms with Crippen molar-refractivity contribution in [1.29, 1.82) is 0 Å². The molecule has 0 radical (unpaired) electrons. The first-order chi connectivity index (χ1) is 9.70. The van der Waals surface area contributed by atoms with Crippen LogP contribution in [0.2, 0.25) is 0 Å². The molecule has 0 bridgehead atoms. The van der Waals surface area contributed by atoms with Crippen LogP contribution in [-0.2, 0) is 0 Å². The minimum Gasteiger partial charge on any atom is -0.490 e. The summed E-state index contributed by atoms with van der Waals surface area (Å²) >= 11 is 3.47. The number of rotatable bonds is 7. The van der Waals surface area contributed by atoms with Gasteiger partial charge in [0.2, 0.25) is 0 Å². The molecule has 0 spiro atoms. The Balaban J connectivity index is 2.30. The Kier molecular flexibility index (Phi) is 7.17. The van der Waals surface area contributed by atoms with E-state index < -0.39 is 6.10 Å². The molecular formula is C17H28BrNO2. The Bertz CT molecular complexity index is 443. The van der Waals surface area contributed by atoms with E-state index in [9.17, 15) is 5.11 Å². The molecule has 0 amide bonds. The number of halogens is 1. The largest absolute Gasteiger partial charge is 0.490 e. The minimum absolute atomic E-state index is 0.279. The molecule has 0 saturated heterocycles. The van der Waals surface area contributed by atoms with Gasteiger partial charge in [-0.2, -0.15) is 0 Å². The lowest BCUT2D eigenvalue weighted by Crippen LogP contribution is -2.36. The van der Waals surface area contributed by atoms with Crippen LogP contribution < -0.4 is 10.1 Å². The van der Waals surface area contributed by atoms with E-state index in [1.165, 1.54) is 5.56 Å². The van der Waals surface area contributed by atoms with Crippen LogP contribution in [-0.4, -0.2) is 30.9 Å². The molecule has 3 nitrogen and oxygen atoms in total. The highest BCUT2D eigenvalue weighted by molar-refractivity contribution is 9.10. The Morgan fingerprint density at radius 3 is 2.52 bits per heavy atom. The average Bonchev–Trinajstić information content (AvgIpc) is 2.36. The standard InChI is InChI=1S/C17H28BrNO2/c1-12-6-7-16(15(18)8-12)21-11-14(20)10-19-9-13(2)17(3,4)5/h6-8,13-14,19-20H,9-11H2,1-5H3. The third-order valence-electron chi connectivity index (χ3n) is 3.83. The Hall–Kier alpha value is -0.580. The predicted octanol–water partition coefficient (Wildman–Crippen LogP) is 3.77. The first-order valence-electron chi connectivity index (χ1n) is 7.48. The fraction of sp³-hybridized carbons (Fsp3) is 0.647. The van der Waals surface area contributed by atoms with Gasteiger partial charge >= 0.3 is 0 Å². The van der Waals surface area contributed by atoms with Gasteiger partial charge in [0.1, 0.15) is 18.5 Å². The molecule has 2 unspecified atom stereocenters. The first kappa shape index (κ1) is 18.5. The van der Waals surface area contributed by atoms with Crippen molar-refractivity contribution in [3.05, 3.63) is 28.2 Å². The van der Waals surface area contributed by atoms with Crippen molar-refractivity contribution in [3.8, 4) is 5.75 Å². The van der Waals surface area contributed by atoms with E-state index in [4.69, 9.17) is 4.74 Å². The van der Waals surface area contributed by atoms with E-state index in [2.05, 4.69) is 48.9 Å². The molecule has 0 aromatic heterocycles. The highest BCUT2D eigenvalue weighted by atomic mass is 79.9. The van der Waals surface area contributed by atoms with Gasteiger partial charge in [0.05, 0.1) is 4.47 Å². The monoisotopic (exact) mass is 357 g/mol. The maximum Gasteiger partial charge on any atom is 0.133 e. The number of ether oxygens (including phenoxy) is 1. The predicted molar refractivity (Wildman–Crippen MR) is 91.9 cm³/mol. The summed E-state index contributed by atoms with van der Waals surface area (Å²) in [6.45, 7) is 12.7. The van der Waals surface area contributed by atoms with Gasteiger partial charge in [0.15, 0.2) is 0 Å². The molecule has 2 N–H and O–H groups in total. The van der Waals surface area contributed by atoms with Crippen LogP contribution in [0.1, 0.15) is 33.3 Å². The molecule has 21 heavy (non-hydrogen) atoms. The molecule has 0 saturated carbocycles. The van der Waals surface area contributed by atoms with Gasteiger partial charge in [-0.15, -0.1) is 0 Å². The van der Waals surface area contributed by atoms with Crippen LogP contribution >= 0.6 is 15.9 Å². The van der Waals surface area contributed by atoms with E-state index in [1.54, 1.807) is 0 Å². The van der Waals surface area contributed by atoms with Gasteiger partial charge in [-0.25, -0.2) is 0 Å². The SMILES string of the molecule is Cc1ccc(OCC(O)CNCC(C)C(C)(C)C)c(Br)c1. The van der Waals surface area contributed by atoms with E-state index in [0.29, 0.717) is 19.1 Å². The third kappa shape index (κ3) is 6.81. The van der Waals surface area contributed by atoms with Gasteiger partial charge in [0.25, 0.3) is 0 Å². The van der Waals surface area contributed by atoms with E-state index in [1.807, 2.05) is 25.1 Å². The second-order valence-electron chi connectivity index (χ2n) is 6.82. The van der Waals surface area contributed by atoms with Gasteiger partial charge in [-0.3, -0.25) is 0 Å². The summed E-state index contributed by atoms with van der Waals surface area (Å²) in [6.07, 6.45) is -0.509. The first-order valence-corrected chi connectivity index (χ1v) is 8.27. The quantitative estimate of drug-likeness (QED) is 0.780. The zero-order valence-electron chi connectivity index (χ0n) is 13.7. The number of nitrogens with one attached hydrogen (secondary N) is 1. The highest BCUT2D eigenvalue weighted by Crippen LogP contribution is 2.26. The maximum atomic E-state index is 9.97. The molecule has 120 valence electrons. The summed E-state index contributed by atoms with van der Waals surface area (Å²) in [5, 5.41) is 13.3. The smallest absolute Gasteiger partial charge is 0.133 e. The lowest BCUT2D eigenvalue weighted by molar-refractivity contribution is 0.103. The van der Waals surface area contributed by atoms with Crippen LogP contribution in [0.3, 0.4) is 0 Å². The number of aryl methyl sites for hydroxylation is 1. The maximum absolute atomic E-state index is 9.97. The molecule has 1 rings (SSSR count). The highest BCUT2D eigenvalue weighted by Gasteiger charge is 2.19. The summed E-state index contributed by atoms with van der Waals surface area (Å²) in [5.41, 5.74) is 1.45. The zero-order valence-corrected chi connectivity index (χ0v) is 15.3. The number of hydrogen-bond acceptors (Lipinski definition) is 3. The Morgan fingerprint density at radius 2 is 1.95 bits per heavy atom. The minimum atomic E-state index is -0.509. The normalized spacial score (nSPS) is 14.8. The Morgan fingerprint density at radius 1 is 1.29 bits per heavy atom. The van der Waals surface area contributed by atoms with Gasteiger partial charge in [0, 0.05) is 6.54 Å². The molecule has 1 aromatic carbocycles. The molecule has 2 atom stereocenters. The van der Waals surface area contributed by atoms with E-state index in [0.717, 1.165) is 16.8 Å². The second-order valence-corrected chi connectivity index (χ2v) is 7.68. The average molecular weight is 358 g/mol. The van der Waals surface area contributed by atoms with Crippen molar-refractivity contribution in [3.63, 3.8) is 0 Å². The van der Waals surface area contributed by atoms with Gasteiger partial charge in [-0.1, -0.05) is 33.8 Å². The number of aliphatic hydroxyl groups is 1. The van der Waals surface area contributed by atoms with Gasteiger partial charge < -0.3 is 15.2 Å². The molecule has 0 aliphatic carbocycles. The molecule has 0 heterocycles. The van der Waals surface area contributed by atoms with Crippen molar-refractivity contribution in [2.45, 2.75) is 40.7 Å². The van der Waals surface area contributed by atoms with Crippen molar-refractivity contribution in [1.82, 2.24) is 5.32 Å². The lowest BCUT2D eigenvalue weighted by Gasteiger charge is -2.27. The summed E-state index contributed by atoms with van der Waals surface area (Å²) in [4.78, 5) is 0. The third-order valence-corrected chi connectivity index (χ3v) is 4.45. The fourth-order valence-electron chi connectivity index (χ4n) is 1.74. The zero-order chi connectivity index (χ0) is 16.0. The van der Waals surface area contributed by atoms with Crippen LogP contribution in [0.25, 0.3) is 0 Å². The van der Waals surface area contributed by atoms with Gasteiger partial charge in [-0.05, 0) is 58.4 Å². The lowest BCUT2D eigenvalue weighted by atomic mass is 9.82. The van der Waals surface area contributed by atoms with Crippen LogP contribution in [0, 0.1) is 18.3 Å². The van der Waals surface area contributed by atoms with Crippen molar-refractivity contribution in [2.24, 2.45) is 11.3 Å².